The molecule has 0 aliphatic carbocycles. The maximum absolute atomic E-state index is 12.9. The topological polar surface area (TPSA) is 32.3 Å². The Morgan fingerprint density at radius 1 is 1.23 bits per heavy atom. The number of rotatable bonds is 9. The van der Waals surface area contributed by atoms with Crippen LogP contribution in [0.2, 0.25) is 0 Å². The van der Waals surface area contributed by atoms with Crippen molar-refractivity contribution in [3.63, 3.8) is 0 Å². The molecule has 1 atom stereocenters. The Bertz CT molecular complexity index is 482. The second kappa shape index (κ2) is 10.0. The van der Waals surface area contributed by atoms with Gasteiger partial charge in [0.15, 0.2) is 0 Å². The van der Waals surface area contributed by atoms with Crippen molar-refractivity contribution >= 4 is 11.6 Å². The van der Waals surface area contributed by atoms with Gasteiger partial charge in [-0.05, 0) is 44.7 Å². The molecule has 1 aromatic carbocycles. The van der Waals surface area contributed by atoms with Gasteiger partial charge < -0.3 is 10.2 Å². The van der Waals surface area contributed by atoms with Crippen molar-refractivity contribution in [1.82, 2.24) is 4.90 Å². The molecule has 3 heteroatoms. The van der Waals surface area contributed by atoms with Crippen LogP contribution in [0.25, 0.3) is 0 Å². The lowest BCUT2D eigenvalue weighted by Gasteiger charge is -2.30. The number of anilines is 1. The number of nitrogens with zero attached hydrogens (tertiary/aromatic N) is 1. The molecule has 0 bridgehead atoms. The molecule has 0 saturated carbocycles. The normalized spacial score (nSPS) is 12.4. The zero-order valence-electron chi connectivity index (χ0n) is 14.4. The molecular formula is C19H30N2O. The minimum Gasteiger partial charge on any atom is -0.387 e. The lowest BCUT2D eigenvalue weighted by atomic mass is 10.0. The van der Waals surface area contributed by atoms with E-state index in [1.54, 1.807) is 0 Å². The number of hydrogen-bond acceptors (Lipinski definition) is 2. The van der Waals surface area contributed by atoms with E-state index in [1.165, 1.54) is 0 Å². The molecule has 1 N–H and O–H groups in total. The van der Waals surface area contributed by atoms with Crippen molar-refractivity contribution in [2.75, 3.05) is 18.9 Å². The molecule has 0 heterocycles. The third-order valence-electron chi connectivity index (χ3n) is 4.01. The molecule has 0 aromatic heterocycles. The van der Waals surface area contributed by atoms with Gasteiger partial charge in [0.2, 0.25) is 0 Å². The van der Waals surface area contributed by atoms with Crippen LogP contribution < -0.4 is 5.32 Å². The van der Waals surface area contributed by atoms with Crippen molar-refractivity contribution in [3.8, 4) is 0 Å². The second-order valence-electron chi connectivity index (χ2n) is 5.41. The van der Waals surface area contributed by atoms with Gasteiger partial charge in [-0.1, -0.05) is 38.1 Å². The average molecular weight is 302 g/mol. The second-order valence-corrected chi connectivity index (χ2v) is 5.41. The standard InChI is InChI=1S/C19H30N2O/c1-5-8-9-10-13-16(6-2)21(7-3)19(22)17-14-11-12-15-18(17)20-4/h8-9,11-12,14-16,20H,5-7,10,13H2,1-4H3. The first-order chi connectivity index (χ1) is 10.7. The van der Waals surface area contributed by atoms with Crippen LogP contribution in [0.15, 0.2) is 36.4 Å². The summed E-state index contributed by atoms with van der Waals surface area (Å²) in [6.45, 7) is 7.11. The maximum Gasteiger partial charge on any atom is 0.256 e. The zero-order valence-corrected chi connectivity index (χ0v) is 14.4. The molecular weight excluding hydrogens is 272 g/mol. The number of para-hydroxylation sites is 1. The van der Waals surface area contributed by atoms with Crippen molar-refractivity contribution < 1.29 is 4.79 Å². The van der Waals surface area contributed by atoms with Gasteiger partial charge in [-0.3, -0.25) is 4.79 Å². The Balaban J connectivity index is 2.87. The molecule has 0 aliphatic heterocycles. The first-order valence-electron chi connectivity index (χ1n) is 8.42. The molecule has 1 unspecified atom stereocenters. The number of carbonyl (C=O) groups is 1. The Kier molecular flexibility index (Phi) is 8.34. The fraction of sp³-hybridized carbons (Fsp3) is 0.526. The highest BCUT2D eigenvalue weighted by Crippen LogP contribution is 2.20. The molecule has 0 fully saturated rings. The Hall–Kier alpha value is -1.77. The molecule has 0 saturated heterocycles. The zero-order chi connectivity index (χ0) is 16.4. The predicted molar refractivity (Wildman–Crippen MR) is 95.4 cm³/mol. The van der Waals surface area contributed by atoms with Gasteiger partial charge in [0.05, 0.1) is 5.56 Å². The number of hydrogen-bond donors (Lipinski definition) is 1. The Labute approximate surface area is 135 Å². The van der Waals surface area contributed by atoms with E-state index in [0.29, 0.717) is 6.04 Å². The third kappa shape index (κ3) is 4.90. The number of benzene rings is 1. The Morgan fingerprint density at radius 3 is 2.55 bits per heavy atom. The minimum absolute atomic E-state index is 0.124. The van der Waals surface area contributed by atoms with E-state index >= 15 is 0 Å². The highest BCUT2D eigenvalue weighted by molar-refractivity contribution is 5.99. The molecule has 122 valence electrons. The van der Waals surface area contributed by atoms with Crippen molar-refractivity contribution in [3.05, 3.63) is 42.0 Å². The van der Waals surface area contributed by atoms with Crippen molar-refractivity contribution in [1.29, 1.82) is 0 Å². The number of amides is 1. The fourth-order valence-electron chi connectivity index (χ4n) is 2.76. The van der Waals surface area contributed by atoms with E-state index in [1.807, 2.05) is 36.2 Å². The molecule has 22 heavy (non-hydrogen) atoms. The van der Waals surface area contributed by atoms with Crippen LogP contribution in [0.5, 0.6) is 0 Å². The number of nitrogens with one attached hydrogen (secondary N) is 1. The molecule has 0 aliphatic rings. The smallest absolute Gasteiger partial charge is 0.256 e. The minimum atomic E-state index is 0.124. The lowest BCUT2D eigenvalue weighted by molar-refractivity contribution is 0.0677. The molecule has 1 rings (SSSR count). The van der Waals surface area contributed by atoms with E-state index < -0.39 is 0 Å². The molecule has 0 spiro atoms. The van der Waals surface area contributed by atoms with E-state index in [0.717, 1.165) is 43.5 Å². The predicted octanol–water partition coefficient (Wildman–Crippen LogP) is 4.72. The first kappa shape index (κ1) is 18.3. The van der Waals surface area contributed by atoms with Crippen LogP contribution in [0.1, 0.15) is 56.8 Å². The largest absolute Gasteiger partial charge is 0.387 e. The summed E-state index contributed by atoms with van der Waals surface area (Å²) in [4.78, 5) is 14.9. The monoisotopic (exact) mass is 302 g/mol. The summed E-state index contributed by atoms with van der Waals surface area (Å²) in [6, 6.07) is 8.02. The average Bonchev–Trinajstić information content (AvgIpc) is 2.57. The lowest BCUT2D eigenvalue weighted by Crippen LogP contribution is -2.40. The van der Waals surface area contributed by atoms with Gasteiger partial charge >= 0.3 is 0 Å². The SMILES string of the molecule is CCC=CCCC(CC)N(CC)C(=O)c1ccccc1NC. The molecule has 1 amide bonds. The van der Waals surface area contributed by atoms with Gasteiger partial charge in [-0.15, -0.1) is 0 Å². The van der Waals surface area contributed by atoms with E-state index in [9.17, 15) is 4.79 Å². The summed E-state index contributed by atoms with van der Waals surface area (Å²) in [5, 5.41) is 3.11. The fourth-order valence-corrected chi connectivity index (χ4v) is 2.76. The molecule has 0 radical (unpaired) electrons. The van der Waals surface area contributed by atoms with Gasteiger partial charge in [0, 0.05) is 25.3 Å². The summed E-state index contributed by atoms with van der Waals surface area (Å²) in [6.07, 6.45) is 8.53. The molecule has 1 aromatic rings. The van der Waals surface area contributed by atoms with Crippen LogP contribution in [0.4, 0.5) is 5.69 Å². The molecule has 3 nitrogen and oxygen atoms in total. The third-order valence-corrected chi connectivity index (χ3v) is 4.01. The highest BCUT2D eigenvalue weighted by Gasteiger charge is 2.23. The van der Waals surface area contributed by atoms with Crippen molar-refractivity contribution in [2.45, 2.75) is 52.5 Å². The van der Waals surface area contributed by atoms with Crippen LogP contribution in [0, 0.1) is 0 Å². The quantitative estimate of drug-likeness (QED) is 0.670. The summed E-state index contributed by atoms with van der Waals surface area (Å²) >= 11 is 0. The van der Waals surface area contributed by atoms with E-state index in [4.69, 9.17) is 0 Å². The summed E-state index contributed by atoms with van der Waals surface area (Å²) in [5.41, 5.74) is 1.65. The maximum atomic E-state index is 12.9. The van der Waals surface area contributed by atoms with Crippen LogP contribution in [-0.4, -0.2) is 30.4 Å². The summed E-state index contributed by atoms with van der Waals surface area (Å²) < 4.78 is 0. The number of allylic oxidation sites excluding steroid dienone is 2. The van der Waals surface area contributed by atoms with E-state index in [2.05, 4.69) is 38.2 Å². The summed E-state index contributed by atoms with van der Waals surface area (Å²) in [7, 11) is 1.86. The van der Waals surface area contributed by atoms with Gasteiger partial charge in [0.1, 0.15) is 0 Å². The van der Waals surface area contributed by atoms with E-state index in [-0.39, 0.29) is 5.91 Å². The Morgan fingerprint density at radius 2 is 1.95 bits per heavy atom. The highest BCUT2D eigenvalue weighted by atomic mass is 16.2. The number of carbonyl (C=O) groups excluding carboxylic acids is 1. The van der Waals surface area contributed by atoms with Gasteiger partial charge in [-0.25, -0.2) is 0 Å². The van der Waals surface area contributed by atoms with Gasteiger partial charge in [-0.2, -0.15) is 0 Å². The van der Waals surface area contributed by atoms with Crippen LogP contribution >= 0.6 is 0 Å². The first-order valence-corrected chi connectivity index (χ1v) is 8.42. The summed E-state index contributed by atoms with van der Waals surface area (Å²) in [5.74, 6) is 0.124. The van der Waals surface area contributed by atoms with Gasteiger partial charge in [0.25, 0.3) is 5.91 Å². The van der Waals surface area contributed by atoms with Crippen LogP contribution in [-0.2, 0) is 0 Å². The van der Waals surface area contributed by atoms with Crippen LogP contribution in [0.3, 0.4) is 0 Å². The van der Waals surface area contributed by atoms with Crippen molar-refractivity contribution in [2.24, 2.45) is 0 Å².